The summed E-state index contributed by atoms with van der Waals surface area (Å²) < 4.78 is 1.38. The monoisotopic (exact) mass is 419 g/mol. The molecule has 2 aliphatic rings. The Kier molecular flexibility index (Phi) is 5.73. The van der Waals surface area contributed by atoms with E-state index >= 15 is 0 Å². The minimum Gasteiger partial charge on any atom is -0.368 e. The number of thiophene rings is 1. The molecule has 156 valence electrons. The van der Waals surface area contributed by atoms with Gasteiger partial charge >= 0.3 is 0 Å². The van der Waals surface area contributed by atoms with Crippen LogP contribution in [0.25, 0.3) is 10.1 Å². The van der Waals surface area contributed by atoms with Crippen LogP contribution in [0.1, 0.15) is 24.8 Å². The van der Waals surface area contributed by atoms with Gasteiger partial charge in [-0.15, -0.1) is 11.3 Å². The van der Waals surface area contributed by atoms with Gasteiger partial charge in [-0.05, 0) is 61.0 Å². The molecule has 1 fully saturated rings. The standard InChI is InChI=1S/C25H29N3OS/c29-25-11-10-20-6-1-2-7-22(20)28(25)14-4-3-13-26-15-17-27(18-16-26)23-8-5-9-24-21(23)12-19-30-24/h1-2,5-9,12,19H,3-4,10-11,13-18H2. The fraction of sp³-hybridized carbons (Fsp3) is 0.400. The van der Waals surface area contributed by atoms with Crippen LogP contribution in [0.4, 0.5) is 11.4 Å². The number of carbonyl (C=O) groups is 1. The Balaban J connectivity index is 1.10. The second-order valence-corrected chi connectivity index (χ2v) is 9.27. The molecule has 2 aromatic carbocycles. The quantitative estimate of drug-likeness (QED) is 0.538. The molecule has 1 saturated heterocycles. The average Bonchev–Trinajstić information content (AvgIpc) is 3.27. The van der Waals surface area contributed by atoms with Gasteiger partial charge in [0.05, 0.1) is 0 Å². The van der Waals surface area contributed by atoms with E-state index in [4.69, 9.17) is 0 Å². The van der Waals surface area contributed by atoms with E-state index in [0.29, 0.717) is 6.42 Å². The minimum absolute atomic E-state index is 0.282. The van der Waals surface area contributed by atoms with Crippen molar-refractivity contribution in [2.24, 2.45) is 0 Å². The summed E-state index contributed by atoms with van der Waals surface area (Å²) >= 11 is 1.82. The molecule has 0 N–H and O–H groups in total. The largest absolute Gasteiger partial charge is 0.368 e. The SMILES string of the molecule is O=C1CCc2ccccc2N1CCCCN1CCN(c2cccc3sccc23)CC1. The van der Waals surface area contributed by atoms with E-state index in [1.165, 1.54) is 21.3 Å². The molecule has 3 aromatic rings. The fourth-order valence-corrected chi connectivity index (χ4v) is 5.62. The number of unbranched alkanes of at least 4 members (excludes halogenated alkanes) is 1. The first kappa shape index (κ1) is 19.6. The van der Waals surface area contributed by atoms with Crippen molar-refractivity contribution in [3.63, 3.8) is 0 Å². The highest BCUT2D eigenvalue weighted by Gasteiger charge is 2.23. The lowest BCUT2D eigenvalue weighted by Crippen LogP contribution is -2.46. The van der Waals surface area contributed by atoms with Crippen LogP contribution >= 0.6 is 11.3 Å². The topological polar surface area (TPSA) is 26.8 Å². The molecule has 5 heteroatoms. The molecule has 0 saturated carbocycles. The zero-order chi connectivity index (χ0) is 20.3. The maximum atomic E-state index is 12.4. The molecule has 1 amide bonds. The maximum Gasteiger partial charge on any atom is 0.227 e. The van der Waals surface area contributed by atoms with E-state index < -0.39 is 0 Å². The van der Waals surface area contributed by atoms with Gasteiger partial charge in [0.2, 0.25) is 5.91 Å². The van der Waals surface area contributed by atoms with E-state index in [1.54, 1.807) is 0 Å². The van der Waals surface area contributed by atoms with Gasteiger partial charge in [-0.1, -0.05) is 24.3 Å². The van der Waals surface area contributed by atoms with Crippen molar-refractivity contribution in [2.45, 2.75) is 25.7 Å². The highest BCUT2D eigenvalue weighted by molar-refractivity contribution is 7.17. The van der Waals surface area contributed by atoms with E-state index in [0.717, 1.165) is 64.2 Å². The Hall–Kier alpha value is -2.37. The number of aryl methyl sites for hydroxylation is 1. The first-order chi connectivity index (χ1) is 14.8. The Morgan fingerprint density at radius 1 is 0.800 bits per heavy atom. The van der Waals surface area contributed by atoms with Crippen LogP contribution < -0.4 is 9.80 Å². The van der Waals surface area contributed by atoms with Gasteiger partial charge in [-0.3, -0.25) is 9.69 Å². The Morgan fingerprint density at radius 3 is 2.50 bits per heavy atom. The Bertz CT molecular complexity index is 1020. The number of nitrogens with zero attached hydrogens (tertiary/aromatic N) is 3. The minimum atomic E-state index is 0.282. The number of amides is 1. The van der Waals surface area contributed by atoms with Crippen LogP contribution in [0.5, 0.6) is 0 Å². The zero-order valence-electron chi connectivity index (χ0n) is 17.4. The second-order valence-electron chi connectivity index (χ2n) is 8.32. The molecule has 2 aliphatic heterocycles. The summed E-state index contributed by atoms with van der Waals surface area (Å²) in [4.78, 5) is 19.5. The summed E-state index contributed by atoms with van der Waals surface area (Å²) in [6, 6.07) is 17.3. The van der Waals surface area contributed by atoms with Crippen LogP contribution in [0.3, 0.4) is 0 Å². The number of benzene rings is 2. The van der Waals surface area contributed by atoms with Crippen LogP contribution in [-0.2, 0) is 11.2 Å². The Morgan fingerprint density at radius 2 is 1.60 bits per heavy atom. The summed E-state index contributed by atoms with van der Waals surface area (Å²) in [7, 11) is 0. The van der Waals surface area contributed by atoms with Gasteiger partial charge in [0.25, 0.3) is 0 Å². The smallest absolute Gasteiger partial charge is 0.227 e. The van der Waals surface area contributed by atoms with Crippen LogP contribution in [0.2, 0.25) is 0 Å². The molecule has 0 spiro atoms. The fourth-order valence-electron chi connectivity index (χ4n) is 4.81. The van der Waals surface area contributed by atoms with Gasteiger partial charge in [-0.2, -0.15) is 0 Å². The first-order valence-electron chi connectivity index (χ1n) is 11.1. The van der Waals surface area contributed by atoms with Crippen molar-refractivity contribution >= 4 is 38.7 Å². The van der Waals surface area contributed by atoms with E-state index in [1.807, 2.05) is 22.3 Å². The number of para-hydroxylation sites is 1. The number of anilines is 2. The number of rotatable bonds is 6. The molecule has 5 rings (SSSR count). The third-order valence-corrected chi connectivity index (χ3v) is 7.37. The third kappa shape index (κ3) is 3.96. The normalized spacial score (nSPS) is 17.5. The summed E-state index contributed by atoms with van der Waals surface area (Å²) in [5, 5.41) is 3.58. The maximum absolute atomic E-state index is 12.4. The average molecular weight is 420 g/mol. The predicted molar refractivity (Wildman–Crippen MR) is 127 cm³/mol. The van der Waals surface area contributed by atoms with Crippen LogP contribution in [-0.4, -0.2) is 50.1 Å². The lowest BCUT2D eigenvalue weighted by molar-refractivity contribution is -0.118. The van der Waals surface area contributed by atoms with Gasteiger partial charge in [0, 0.05) is 60.6 Å². The van der Waals surface area contributed by atoms with E-state index in [2.05, 4.69) is 57.6 Å². The third-order valence-electron chi connectivity index (χ3n) is 6.48. The van der Waals surface area contributed by atoms with Crippen molar-refractivity contribution in [3.8, 4) is 0 Å². The van der Waals surface area contributed by atoms with Crippen LogP contribution in [0.15, 0.2) is 53.9 Å². The predicted octanol–water partition coefficient (Wildman–Crippen LogP) is 4.78. The van der Waals surface area contributed by atoms with Crippen molar-refractivity contribution in [1.82, 2.24) is 4.90 Å². The Labute approximate surface area is 182 Å². The molecule has 0 radical (unpaired) electrons. The first-order valence-corrected chi connectivity index (χ1v) is 12.0. The molecular weight excluding hydrogens is 390 g/mol. The molecule has 0 aliphatic carbocycles. The van der Waals surface area contributed by atoms with Gasteiger partial charge in [-0.25, -0.2) is 0 Å². The van der Waals surface area contributed by atoms with Crippen molar-refractivity contribution in [1.29, 1.82) is 0 Å². The van der Waals surface area contributed by atoms with Gasteiger partial charge in [0.1, 0.15) is 0 Å². The van der Waals surface area contributed by atoms with Gasteiger partial charge in [0.15, 0.2) is 0 Å². The lowest BCUT2D eigenvalue weighted by Gasteiger charge is -2.36. The van der Waals surface area contributed by atoms with E-state index in [-0.39, 0.29) is 5.91 Å². The van der Waals surface area contributed by atoms with Crippen LogP contribution in [0, 0.1) is 0 Å². The highest BCUT2D eigenvalue weighted by atomic mass is 32.1. The summed E-state index contributed by atoms with van der Waals surface area (Å²) in [5.41, 5.74) is 3.83. The molecule has 1 aromatic heterocycles. The molecule has 30 heavy (non-hydrogen) atoms. The number of fused-ring (bicyclic) bond motifs is 2. The van der Waals surface area contributed by atoms with Crippen molar-refractivity contribution < 1.29 is 4.79 Å². The molecular formula is C25H29N3OS. The van der Waals surface area contributed by atoms with Crippen molar-refractivity contribution in [3.05, 3.63) is 59.5 Å². The number of hydrogen-bond acceptors (Lipinski definition) is 4. The van der Waals surface area contributed by atoms with Crippen molar-refractivity contribution in [2.75, 3.05) is 49.1 Å². The molecule has 4 nitrogen and oxygen atoms in total. The lowest BCUT2D eigenvalue weighted by atomic mass is 10.0. The van der Waals surface area contributed by atoms with Gasteiger partial charge < -0.3 is 9.80 Å². The number of hydrogen-bond donors (Lipinski definition) is 0. The molecule has 3 heterocycles. The highest BCUT2D eigenvalue weighted by Crippen LogP contribution is 2.31. The number of piperazine rings is 1. The molecule has 0 unspecified atom stereocenters. The van der Waals surface area contributed by atoms with E-state index in [9.17, 15) is 4.79 Å². The second kappa shape index (κ2) is 8.78. The summed E-state index contributed by atoms with van der Waals surface area (Å²) in [6.07, 6.45) is 3.74. The summed E-state index contributed by atoms with van der Waals surface area (Å²) in [5.74, 6) is 0.282. The molecule has 0 atom stereocenters. The summed E-state index contributed by atoms with van der Waals surface area (Å²) in [6.45, 7) is 6.38. The zero-order valence-corrected chi connectivity index (χ0v) is 18.2. The molecule has 0 bridgehead atoms. The number of carbonyl (C=O) groups excluding carboxylic acids is 1.